The highest BCUT2D eigenvalue weighted by Crippen LogP contribution is 2.19. The summed E-state index contributed by atoms with van der Waals surface area (Å²) < 4.78 is 19.0. The average Bonchev–Trinajstić information content (AvgIpc) is 2.27. The highest BCUT2D eigenvalue weighted by Gasteiger charge is 2.18. The molecule has 1 aromatic rings. The summed E-state index contributed by atoms with van der Waals surface area (Å²) in [5.74, 6) is -0.209. The van der Waals surface area contributed by atoms with Crippen molar-refractivity contribution < 1.29 is 9.13 Å². The van der Waals surface area contributed by atoms with Gasteiger partial charge in [-0.1, -0.05) is 6.07 Å². The van der Waals surface area contributed by atoms with Crippen molar-refractivity contribution >= 4 is 15.9 Å². The zero-order chi connectivity index (χ0) is 11.5. The number of nitrogens with zero attached hydrogens (tertiary/aromatic N) is 1. The summed E-state index contributed by atoms with van der Waals surface area (Å²) in [6.45, 7) is 5.51. The first-order valence-corrected chi connectivity index (χ1v) is 6.22. The first kappa shape index (κ1) is 12.0. The molecule has 0 bridgehead atoms. The van der Waals surface area contributed by atoms with Gasteiger partial charge in [-0.3, -0.25) is 4.90 Å². The molecule has 2 nitrogen and oxygen atoms in total. The van der Waals surface area contributed by atoms with Crippen molar-refractivity contribution in [3.8, 4) is 0 Å². The number of halogens is 2. The van der Waals surface area contributed by atoms with E-state index in [4.69, 9.17) is 4.74 Å². The fourth-order valence-corrected chi connectivity index (χ4v) is 2.30. The molecule has 0 aromatic heterocycles. The molecule has 0 N–H and O–H groups in total. The molecule has 16 heavy (non-hydrogen) atoms. The number of hydrogen-bond donors (Lipinski definition) is 0. The van der Waals surface area contributed by atoms with Crippen LogP contribution >= 0.6 is 15.9 Å². The molecule has 1 saturated heterocycles. The summed E-state index contributed by atoms with van der Waals surface area (Å²) in [4.78, 5) is 2.35. The van der Waals surface area contributed by atoms with Gasteiger partial charge in [-0.2, -0.15) is 0 Å². The molecule has 1 atom stereocenters. The number of morpholine rings is 1. The van der Waals surface area contributed by atoms with Gasteiger partial charge in [0.25, 0.3) is 0 Å². The SMILES string of the molecule is C[C@@H]1COCCN1Cc1ccc(F)c(Br)c1. The second-order valence-electron chi connectivity index (χ2n) is 4.14. The largest absolute Gasteiger partial charge is 0.379 e. The Labute approximate surface area is 104 Å². The molecule has 1 aromatic carbocycles. The maximum Gasteiger partial charge on any atom is 0.137 e. The summed E-state index contributed by atoms with van der Waals surface area (Å²) in [5, 5.41) is 0. The zero-order valence-corrected chi connectivity index (χ0v) is 10.8. The lowest BCUT2D eigenvalue weighted by atomic mass is 10.1. The minimum atomic E-state index is -0.209. The predicted octanol–water partition coefficient (Wildman–Crippen LogP) is 2.81. The molecule has 0 aliphatic carbocycles. The highest BCUT2D eigenvalue weighted by atomic mass is 79.9. The van der Waals surface area contributed by atoms with Gasteiger partial charge in [0.1, 0.15) is 5.82 Å². The normalized spacial score (nSPS) is 22.3. The van der Waals surface area contributed by atoms with Crippen LogP contribution in [0.2, 0.25) is 0 Å². The van der Waals surface area contributed by atoms with E-state index in [1.165, 1.54) is 6.07 Å². The van der Waals surface area contributed by atoms with Crippen LogP contribution in [0.3, 0.4) is 0 Å². The number of ether oxygens (including phenoxy) is 1. The minimum absolute atomic E-state index is 0.209. The summed E-state index contributed by atoms with van der Waals surface area (Å²) in [6.07, 6.45) is 0. The van der Waals surface area contributed by atoms with Crippen LogP contribution < -0.4 is 0 Å². The molecule has 0 saturated carbocycles. The Morgan fingerprint density at radius 3 is 3.06 bits per heavy atom. The highest BCUT2D eigenvalue weighted by molar-refractivity contribution is 9.10. The summed E-state index contributed by atoms with van der Waals surface area (Å²) in [7, 11) is 0. The lowest BCUT2D eigenvalue weighted by Crippen LogP contribution is -2.42. The Morgan fingerprint density at radius 1 is 1.56 bits per heavy atom. The Hall–Kier alpha value is -0.450. The molecule has 0 unspecified atom stereocenters. The molecular formula is C12H15BrFNO. The molecule has 1 aliphatic rings. The van der Waals surface area contributed by atoms with Gasteiger partial charge >= 0.3 is 0 Å². The summed E-state index contributed by atoms with van der Waals surface area (Å²) >= 11 is 3.21. The topological polar surface area (TPSA) is 12.5 Å². The molecule has 0 amide bonds. The van der Waals surface area contributed by atoms with Crippen molar-refractivity contribution in [2.75, 3.05) is 19.8 Å². The van der Waals surface area contributed by atoms with Gasteiger partial charge in [0, 0.05) is 19.1 Å². The monoisotopic (exact) mass is 287 g/mol. The maximum absolute atomic E-state index is 13.1. The van der Waals surface area contributed by atoms with E-state index in [9.17, 15) is 4.39 Å². The molecule has 1 aliphatic heterocycles. The van der Waals surface area contributed by atoms with Crippen LogP contribution in [0.25, 0.3) is 0 Å². The van der Waals surface area contributed by atoms with Crippen molar-refractivity contribution in [2.45, 2.75) is 19.5 Å². The van der Waals surface area contributed by atoms with Crippen LogP contribution in [-0.2, 0) is 11.3 Å². The van der Waals surface area contributed by atoms with Crippen LogP contribution in [0.4, 0.5) is 4.39 Å². The van der Waals surface area contributed by atoms with Gasteiger partial charge in [-0.25, -0.2) is 4.39 Å². The van der Waals surface area contributed by atoms with Crippen molar-refractivity contribution in [1.82, 2.24) is 4.90 Å². The standard InChI is InChI=1S/C12H15BrFNO/c1-9-8-16-5-4-15(9)7-10-2-3-12(14)11(13)6-10/h2-3,6,9H,4-5,7-8H2,1H3/t9-/m1/s1. The second-order valence-corrected chi connectivity index (χ2v) is 5.00. The van der Waals surface area contributed by atoms with Crippen LogP contribution in [0, 0.1) is 5.82 Å². The summed E-state index contributed by atoms with van der Waals surface area (Å²) in [6, 6.07) is 5.61. The fourth-order valence-electron chi connectivity index (χ4n) is 1.87. The third-order valence-electron chi connectivity index (χ3n) is 2.87. The van der Waals surface area contributed by atoms with Crippen LogP contribution in [-0.4, -0.2) is 30.7 Å². The number of benzene rings is 1. The quantitative estimate of drug-likeness (QED) is 0.829. The van der Waals surface area contributed by atoms with Crippen molar-refractivity contribution in [1.29, 1.82) is 0 Å². The van der Waals surface area contributed by atoms with Gasteiger partial charge in [-0.15, -0.1) is 0 Å². The van der Waals surface area contributed by atoms with E-state index >= 15 is 0 Å². The molecule has 1 heterocycles. The number of hydrogen-bond acceptors (Lipinski definition) is 2. The van der Waals surface area contributed by atoms with Gasteiger partial charge in [0.2, 0.25) is 0 Å². The molecule has 0 spiro atoms. The lowest BCUT2D eigenvalue weighted by Gasteiger charge is -2.33. The Bertz CT molecular complexity index is 372. The van der Waals surface area contributed by atoms with E-state index in [1.807, 2.05) is 12.1 Å². The van der Waals surface area contributed by atoms with Gasteiger partial charge in [-0.05, 0) is 40.5 Å². The van der Waals surface area contributed by atoms with E-state index < -0.39 is 0 Å². The molecule has 2 rings (SSSR count). The summed E-state index contributed by atoms with van der Waals surface area (Å²) in [5.41, 5.74) is 1.13. The molecule has 1 fully saturated rings. The average molecular weight is 288 g/mol. The van der Waals surface area contributed by atoms with E-state index in [0.29, 0.717) is 10.5 Å². The van der Waals surface area contributed by atoms with E-state index in [2.05, 4.69) is 27.8 Å². The van der Waals surface area contributed by atoms with E-state index in [-0.39, 0.29) is 5.82 Å². The number of rotatable bonds is 2. The smallest absolute Gasteiger partial charge is 0.137 e. The van der Waals surface area contributed by atoms with Crippen LogP contribution in [0.15, 0.2) is 22.7 Å². The molecule has 88 valence electrons. The predicted molar refractivity (Wildman–Crippen MR) is 64.8 cm³/mol. The molecule has 0 radical (unpaired) electrons. The van der Waals surface area contributed by atoms with E-state index in [0.717, 1.165) is 31.9 Å². The third kappa shape index (κ3) is 2.81. The van der Waals surface area contributed by atoms with Crippen molar-refractivity contribution in [2.24, 2.45) is 0 Å². The zero-order valence-electron chi connectivity index (χ0n) is 9.25. The molecule has 4 heteroatoms. The van der Waals surface area contributed by atoms with Crippen molar-refractivity contribution in [3.05, 3.63) is 34.1 Å². The lowest BCUT2D eigenvalue weighted by molar-refractivity contribution is -0.00438. The van der Waals surface area contributed by atoms with Crippen LogP contribution in [0.5, 0.6) is 0 Å². The second kappa shape index (κ2) is 5.25. The first-order chi connectivity index (χ1) is 7.66. The van der Waals surface area contributed by atoms with E-state index in [1.54, 1.807) is 0 Å². The van der Waals surface area contributed by atoms with Gasteiger partial charge < -0.3 is 4.74 Å². The first-order valence-electron chi connectivity index (χ1n) is 5.42. The van der Waals surface area contributed by atoms with Crippen molar-refractivity contribution in [3.63, 3.8) is 0 Å². The van der Waals surface area contributed by atoms with Crippen LogP contribution in [0.1, 0.15) is 12.5 Å². The Balaban J connectivity index is 2.05. The third-order valence-corrected chi connectivity index (χ3v) is 3.48. The van der Waals surface area contributed by atoms with Gasteiger partial charge in [0.05, 0.1) is 17.7 Å². The maximum atomic E-state index is 13.1. The Morgan fingerprint density at radius 2 is 2.38 bits per heavy atom. The Kier molecular flexibility index (Phi) is 3.95. The fraction of sp³-hybridized carbons (Fsp3) is 0.500. The van der Waals surface area contributed by atoms with Gasteiger partial charge in [0.15, 0.2) is 0 Å². The molecular weight excluding hydrogens is 273 g/mol. The minimum Gasteiger partial charge on any atom is -0.379 e.